The fourth-order valence-corrected chi connectivity index (χ4v) is 2.76. The zero-order chi connectivity index (χ0) is 22.0. The van der Waals surface area contributed by atoms with Crippen LogP contribution in [0.25, 0.3) is 0 Å². The molecule has 0 radical (unpaired) electrons. The van der Waals surface area contributed by atoms with Crippen molar-refractivity contribution in [2.24, 2.45) is 16.8 Å². The van der Waals surface area contributed by atoms with Crippen LogP contribution in [0.4, 0.5) is 10.5 Å². The van der Waals surface area contributed by atoms with Gasteiger partial charge in [0.2, 0.25) is 0 Å². The molecule has 1 rings (SSSR count). The molecule has 0 heterocycles. The normalized spacial score (nSPS) is 13.0. The maximum Gasteiger partial charge on any atom is 0.408 e. The lowest BCUT2D eigenvalue weighted by Gasteiger charge is -2.24. The van der Waals surface area contributed by atoms with E-state index >= 15 is 0 Å². The predicted octanol–water partition coefficient (Wildman–Crippen LogP) is 3.58. The molecule has 9 heteroatoms. The first-order chi connectivity index (χ1) is 13.5. The molecule has 0 aliphatic rings. The van der Waals surface area contributed by atoms with E-state index in [2.05, 4.69) is 15.8 Å². The maximum atomic E-state index is 12.0. The number of oxime groups is 1. The molecule has 1 unspecified atom stereocenters. The Morgan fingerprint density at radius 1 is 1.28 bits per heavy atom. The van der Waals surface area contributed by atoms with E-state index in [-0.39, 0.29) is 24.3 Å². The van der Waals surface area contributed by atoms with Gasteiger partial charge in [-0.25, -0.2) is 4.79 Å². The number of benzene rings is 1. The van der Waals surface area contributed by atoms with E-state index in [1.165, 1.54) is 0 Å². The van der Waals surface area contributed by atoms with Crippen molar-refractivity contribution >= 4 is 35.3 Å². The summed E-state index contributed by atoms with van der Waals surface area (Å²) in [7, 11) is 0. The third kappa shape index (κ3) is 10.6. The summed E-state index contributed by atoms with van der Waals surface area (Å²) in [5, 5.41) is 9.23. The van der Waals surface area contributed by atoms with Gasteiger partial charge in [-0.15, -0.1) is 11.8 Å². The highest BCUT2D eigenvalue weighted by Gasteiger charge is 2.23. The fourth-order valence-electron chi connectivity index (χ4n) is 2.30. The minimum atomic E-state index is -0.624. The first-order valence-electron chi connectivity index (χ1n) is 9.39. The summed E-state index contributed by atoms with van der Waals surface area (Å²) in [5.41, 5.74) is 6.02. The van der Waals surface area contributed by atoms with E-state index in [1.807, 2.05) is 38.3 Å². The third-order valence-electron chi connectivity index (χ3n) is 3.47. The Balaban J connectivity index is 2.62. The number of ether oxygens (including phenoxy) is 1. The Morgan fingerprint density at radius 3 is 2.55 bits per heavy atom. The van der Waals surface area contributed by atoms with E-state index in [1.54, 1.807) is 38.6 Å². The molecule has 0 aromatic heterocycles. The minimum absolute atomic E-state index is 0.0711. The molecular formula is C20H32N4O4S. The first-order valence-corrected chi connectivity index (χ1v) is 10.6. The van der Waals surface area contributed by atoms with Crippen LogP contribution in [0.15, 0.2) is 34.3 Å². The molecule has 0 bridgehead atoms. The lowest BCUT2D eigenvalue weighted by Crippen LogP contribution is -2.47. The number of carbonyl (C=O) groups is 2. The van der Waals surface area contributed by atoms with Crippen LogP contribution >= 0.6 is 11.8 Å². The second-order valence-electron chi connectivity index (χ2n) is 7.90. The number of alkyl carbamates (subject to hydrolysis) is 1. The van der Waals surface area contributed by atoms with Gasteiger partial charge in [-0.2, -0.15) is 0 Å². The van der Waals surface area contributed by atoms with Crippen LogP contribution in [0.5, 0.6) is 0 Å². The Kier molecular flexibility index (Phi) is 9.80. The second-order valence-corrected chi connectivity index (χ2v) is 8.78. The van der Waals surface area contributed by atoms with Gasteiger partial charge in [-0.05, 0) is 57.6 Å². The first kappa shape index (κ1) is 24.6. The molecule has 1 aromatic carbocycles. The number of nitrogens with one attached hydrogen (secondary N) is 2. The summed E-state index contributed by atoms with van der Waals surface area (Å²) < 4.78 is 5.26. The lowest BCUT2D eigenvalue weighted by molar-refractivity contribution is -0.120. The van der Waals surface area contributed by atoms with Gasteiger partial charge in [0, 0.05) is 10.6 Å². The summed E-state index contributed by atoms with van der Waals surface area (Å²) in [6, 6.07) is 6.90. The van der Waals surface area contributed by atoms with Gasteiger partial charge in [0.15, 0.2) is 12.4 Å². The topological polar surface area (TPSA) is 115 Å². The zero-order valence-electron chi connectivity index (χ0n) is 17.9. The van der Waals surface area contributed by atoms with Gasteiger partial charge in [0.25, 0.3) is 5.91 Å². The number of amides is 2. The van der Waals surface area contributed by atoms with E-state index in [0.717, 1.165) is 4.90 Å². The SMILES string of the molecule is CSc1cccc(NC(=O)CO/N=C(/N)C(CC(C)C)NC(=O)OC(C)(C)C)c1. The van der Waals surface area contributed by atoms with E-state index < -0.39 is 17.7 Å². The Morgan fingerprint density at radius 2 is 1.97 bits per heavy atom. The zero-order valence-corrected chi connectivity index (χ0v) is 18.8. The summed E-state index contributed by atoms with van der Waals surface area (Å²) >= 11 is 1.58. The van der Waals surface area contributed by atoms with Crippen molar-refractivity contribution in [2.75, 3.05) is 18.2 Å². The molecule has 0 fully saturated rings. The van der Waals surface area contributed by atoms with Crippen LogP contribution in [0.1, 0.15) is 41.0 Å². The Hall–Kier alpha value is -2.42. The Labute approximate surface area is 177 Å². The molecule has 1 aromatic rings. The number of hydrogen-bond acceptors (Lipinski definition) is 6. The van der Waals surface area contributed by atoms with Gasteiger partial charge in [-0.1, -0.05) is 25.1 Å². The molecule has 4 N–H and O–H groups in total. The highest BCUT2D eigenvalue weighted by molar-refractivity contribution is 7.98. The second kappa shape index (κ2) is 11.5. The number of rotatable bonds is 9. The van der Waals surface area contributed by atoms with Gasteiger partial charge in [-0.3, -0.25) is 4.79 Å². The molecule has 8 nitrogen and oxygen atoms in total. The van der Waals surface area contributed by atoms with E-state index in [4.69, 9.17) is 15.3 Å². The van der Waals surface area contributed by atoms with Crippen molar-refractivity contribution in [3.63, 3.8) is 0 Å². The summed E-state index contributed by atoms with van der Waals surface area (Å²) in [4.78, 5) is 30.2. The van der Waals surface area contributed by atoms with Gasteiger partial charge < -0.3 is 25.9 Å². The van der Waals surface area contributed by atoms with Crippen LogP contribution in [0.2, 0.25) is 0 Å². The number of amidine groups is 1. The predicted molar refractivity (Wildman–Crippen MR) is 117 cm³/mol. The van der Waals surface area contributed by atoms with Crippen molar-refractivity contribution in [3.8, 4) is 0 Å². The highest BCUT2D eigenvalue weighted by atomic mass is 32.2. The summed E-state index contributed by atoms with van der Waals surface area (Å²) in [6.07, 6.45) is 1.92. The number of nitrogens with zero attached hydrogens (tertiary/aromatic N) is 1. The summed E-state index contributed by atoms with van der Waals surface area (Å²) in [6.45, 7) is 9.02. The monoisotopic (exact) mass is 424 g/mol. The smallest absolute Gasteiger partial charge is 0.408 e. The molecular weight excluding hydrogens is 392 g/mol. The molecule has 1 atom stereocenters. The molecule has 0 saturated carbocycles. The molecule has 2 amide bonds. The number of carbonyl (C=O) groups excluding carboxylic acids is 2. The molecule has 162 valence electrons. The maximum absolute atomic E-state index is 12.0. The molecule has 0 spiro atoms. The third-order valence-corrected chi connectivity index (χ3v) is 4.20. The van der Waals surface area contributed by atoms with Crippen molar-refractivity contribution in [1.29, 1.82) is 0 Å². The van der Waals surface area contributed by atoms with E-state index in [9.17, 15) is 9.59 Å². The van der Waals surface area contributed by atoms with Crippen LogP contribution in [-0.2, 0) is 14.4 Å². The molecule has 0 aliphatic carbocycles. The van der Waals surface area contributed by atoms with Crippen LogP contribution < -0.4 is 16.4 Å². The molecule has 29 heavy (non-hydrogen) atoms. The van der Waals surface area contributed by atoms with Gasteiger partial charge in [0.1, 0.15) is 5.60 Å². The summed E-state index contributed by atoms with van der Waals surface area (Å²) in [5.74, 6) is -0.0437. The fraction of sp³-hybridized carbons (Fsp3) is 0.550. The van der Waals surface area contributed by atoms with Gasteiger partial charge >= 0.3 is 6.09 Å². The van der Waals surface area contributed by atoms with Crippen molar-refractivity contribution < 1.29 is 19.2 Å². The largest absolute Gasteiger partial charge is 0.444 e. The highest BCUT2D eigenvalue weighted by Crippen LogP contribution is 2.18. The van der Waals surface area contributed by atoms with E-state index in [0.29, 0.717) is 12.1 Å². The van der Waals surface area contributed by atoms with Crippen molar-refractivity contribution in [1.82, 2.24) is 5.32 Å². The van der Waals surface area contributed by atoms with Crippen LogP contribution in [-0.4, -0.2) is 42.3 Å². The Bertz CT molecular complexity index is 717. The molecule has 0 aliphatic heterocycles. The number of hydrogen-bond donors (Lipinski definition) is 3. The van der Waals surface area contributed by atoms with Crippen molar-refractivity contribution in [2.45, 2.75) is 57.6 Å². The number of anilines is 1. The van der Waals surface area contributed by atoms with Crippen LogP contribution in [0, 0.1) is 5.92 Å². The lowest BCUT2D eigenvalue weighted by atomic mass is 10.0. The average Bonchev–Trinajstić information content (AvgIpc) is 2.59. The minimum Gasteiger partial charge on any atom is -0.444 e. The standard InChI is InChI=1S/C20H32N4O4S/c1-13(2)10-16(23-19(26)28-20(3,4)5)18(21)24-27-12-17(25)22-14-8-7-9-15(11-14)29-6/h7-9,11,13,16H,10,12H2,1-6H3,(H2,21,24)(H,22,25)(H,23,26). The van der Waals surface area contributed by atoms with Gasteiger partial charge in [0.05, 0.1) is 6.04 Å². The van der Waals surface area contributed by atoms with Crippen LogP contribution in [0.3, 0.4) is 0 Å². The number of nitrogens with two attached hydrogens (primary N) is 1. The quantitative estimate of drug-likeness (QED) is 0.242. The number of thioether (sulfide) groups is 1. The average molecular weight is 425 g/mol. The molecule has 0 saturated heterocycles. The van der Waals surface area contributed by atoms with Crippen molar-refractivity contribution in [3.05, 3.63) is 24.3 Å².